The van der Waals surface area contributed by atoms with Crippen LogP contribution in [0.25, 0.3) is 0 Å². The van der Waals surface area contributed by atoms with Crippen LogP contribution in [0.1, 0.15) is 27.0 Å². The third-order valence-corrected chi connectivity index (χ3v) is 6.15. The second kappa shape index (κ2) is 10.7. The lowest BCUT2D eigenvalue weighted by Gasteiger charge is -2.16. The molecule has 1 heterocycles. The Morgan fingerprint density at radius 3 is 2.35 bits per heavy atom. The van der Waals surface area contributed by atoms with Crippen LogP contribution in [0.15, 0.2) is 77.5 Å². The first-order valence-electron chi connectivity index (χ1n) is 11.4. The van der Waals surface area contributed by atoms with Crippen molar-refractivity contribution in [2.24, 2.45) is 0 Å². The third-order valence-electron chi connectivity index (χ3n) is 5.80. The van der Waals surface area contributed by atoms with Crippen molar-refractivity contribution >= 4 is 52.4 Å². The van der Waals surface area contributed by atoms with Crippen LogP contribution in [-0.4, -0.2) is 30.8 Å². The molecule has 1 aliphatic heterocycles. The fourth-order valence-electron chi connectivity index (χ4n) is 3.92. The number of rotatable bonds is 7. The van der Waals surface area contributed by atoms with Crippen LogP contribution in [0, 0.1) is 13.8 Å². The molecule has 4 rings (SSSR count). The van der Waals surface area contributed by atoms with Crippen LogP contribution < -0.4 is 15.5 Å². The first kappa shape index (κ1) is 25.7. The fraction of sp³-hybridized carbons (Fsp3) is 0.143. The number of nitrogens with one attached hydrogen (secondary N) is 2. The highest BCUT2D eigenvalue weighted by Crippen LogP contribution is 2.30. The molecule has 0 saturated carbocycles. The van der Waals surface area contributed by atoms with Gasteiger partial charge in [0.2, 0.25) is 5.91 Å². The zero-order valence-electron chi connectivity index (χ0n) is 20.4. The molecule has 9 heteroatoms. The molecule has 0 bridgehead atoms. The number of anilines is 3. The molecule has 0 fully saturated rings. The van der Waals surface area contributed by atoms with Crippen molar-refractivity contribution in [2.75, 3.05) is 22.6 Å². The smallest absolute Gasteiger partial charge is 0.337 e. The van der Waals surface area contributed by atoms with E-state index in [0.717, 1.165) is 27.3 Å². The van der Waals surface area contributed by atoms with E-state index in [0.29, 0.717) is 5.69 Å². The standard InChI is InChI=1S/C28H24ClN3O5/c1-16-7-12-22(17(2)13-16)31-23(33)14-18-8-10-20(11-9-18)30-25-24(29)26(34)32(27(25)35)21-6-4-5-19(15-21)28(36)37-3/h4-13,15,30H,14H2,1-3H3,(H,31,33). The molecule has 0 saturated heterocycles. The second-order valence-electron chi connectivity index (χ2n) is 8.54. The number of carbonyl (C=O) groups is 4. The average molecular weight is 518 g/mol. The highest BCUT2D eigenvalue weighted by Gasteiger charge is 2.39. The van der Waals surface area contributed by atoms with Gasteiger partial charge in [0.25, 0.3) is 11.8 Å². The lowest BCUT2D eigenvalue weighted by Crippen LogP contribution is -2.32. The maximum Gasteiger partial charge on any atom is 0.337 e. The summed E-state index contributed by atoms with van der Waals surface area (Å²) in [7, 11) is 1.24. The first-order valence-corrected chi connectivity index (χ1v) is 11.8. The van der Waals surface area contributed by atoms with E-state index in [2.05, 4.69) is 10.6 Å². The van der Waals surface area contributed by atoms with Crippen molar-refractivity contribution in [1.29, 1.82) is 0 Å². The molecule has 1 aliphatic rings. The van der Waals surface area contributed by atoms with Gasteiger partial charge in [-0.1, -0.05) is 47.5 Å². The highest BCUT2D eigenvalue weighted by atomic mass is 35.5. The number of aryl methyl sites for hydroxylation is 2. The molecule has 2 N–H and O–H groups in total. The van der Waals surface area contributed by atoms with E-state index >= 15 is 0 Å². The maximum absolute atomic E-state index is 13.0. The largest absolute Gasteiger partial charge is 0.465 e. The number of esters is 1. The molecule has 8 nitrogen and oxygen atoms in total. The van der Waals surface area contributed by atoms with Crippen LogP contribution >= 0.6 is 11.6 Å². The number of imide groups is 1. The van der Waals surface area contributed by atoms with Crippen molar-refractivity contribution in [1.82, 2.24) is 0 Å². The molecular weight excluding hydrogens is 494 g/mol. The predicted octanol–water partition coefficient (Wildman–Crippen LogP) is 4.71. The Morgan fingerprint density at radius 2 is 1.68 bits per heavy atom. The number of amides is 3. The van der Waals surface area contributed by atoms with E-state index in [1.165, 1.54) is 31.4 Å². The number of halogens is 1. The Kier molecular flexibility index (Phi) is 7.40. The van der Waals surface area contributed by atoms with Gasteiger partial charge in [0, 0.05) is 11.4 Å². The highest BCUT2D eigenvalue weighted by molar-refractivity contribution is 6.53. The quantitative estimate of drug-likeness (QED) is 0.347. The van der Waals surface area contributed by atoms with E-state index in [-0.39, 0.29) is 34.3 Å². The summed E-state index contributed by atoms with van der Waals surface area (Å²) in [6.45, 7) is 3.93. The summed E-state index contributed by atoms with van der Waals surface area (Å²) in [6, 6.07) is 18.6. The van der Waals surface area contributed by atoms with Gasteiger partial charge in [0.15, 0.2) is 0 Å². The van der Waals surface area contributed by atoms with E-state index in [1.807, 2.05) is 32.0 Å². The minimum absolute atomic E-state index is 0.0875. The molecule has 0 aliphatic carbocycles. The van der Waals surface area contributed by atoms with E-state index in [4.69, 9.17) is 16.3 Å². The van der Waals surface area contributed by atoms with Crippen LogP contribution in [-0.2, 0) is 25.5 Å². The summed E-state index contributed by atoms with van der Waals surface area (Å²) in [5, 5.41) is 5.54. The van der Waals surface area contributed by atoms with Gasteiger partial charge in [-0.05, 0) is 61.4 Å². The van der Waals surface area contributed by atoms with Gasteiger partial charge in [0.1, 0.15) is 10.7 Å². The Balaban J connectivity index is 1.43. The van der Waals surface area contributed by atoms with Crippen molar-refractivity contribution in [2.45, 2.75) is 20.3 Å². The Hall–Kier alpha value is -4.43. The number of hydrogen-bond acceptors (Lipinski definition) is 6. The van der Waals surface area contributed by atoms with E-state index in [1.54, 1.807) is 24.3 Å². The summed E-state index contributed by atoms with van der Waals surface area (Å²) in [4.78, 5) is 51.0. The molecule has 188 valence electrons. The summed E-state index contributed by atoms with van der Waals surface area (Å²) >= 11 is 6.21. The van der Waals surface area contributed by atoms with Crippen LogP contribution in [0.3, 0.4) is 0 Å². The number of ether oxygens (including phenoxy) is 1. The zero-order chi connectivity index (χ0) is 26.7. The lowest BCUT2D eigenvalue weighted by molar-refractivity contribution is -0.120. The molecule has 3 aromatic rings. The molecule has 0 aromatic heterocycles. The van der Waals surface area contributed by atoms with Gasteiger partial charge >= 0.3 is 5.97 Å². The van der Waals surface area contributed by atoms with Crippen molar-refractivity contribution in [3.05, 3.63) is 99.7 Å². The van der Waals surface area contributed by atoms with Gasteiger partial charge in [-0.2, -0.15) is 0 Å². The SMILES string of the molecule is COC(=O)c1cccc(N2C(=O)C(Cl)=C(Nc3ccc(CC(=O)Nc4ccc(C)cc4C)cc3)C2=O)c1. The molecule has 0 unspecified atom stereocenters. The van der Waals surface area contributed by atoms with Gasteiger partial charge in [-0.25, -0.2) is 9.69 Å². The van der Waals surface area contributed by atoms with Crippen molar-refractivity contribution in [3.63, 3.8) is 0 Å². The van der Waals surface area contributed by atoms with Crippen LogP contribution in [0.4, 0.5) is 17.1 Å². The van der Waals surface area contributed by atoms with E-state index in [9.17, 15) is 19.2 Å². The topological polar surface area (TPSA) is 105 Å². The molecule has 3 aromatic carbocycles. The molecule has 0 spiro atoms. The summed E-state index contributed by atoms with van der Waals surface area (Å²) in [5.74, 6) is -2.12. The number of carbonyl (C=O) groups excluding carboxylic acids is 4. The average Bonchev–Trinajstić information content (AvgIpc) is 3.09. The molecule has 37 heavy (non-hydrogen) atoms. The summed E-state index contributed by atoms with van der Waals surface area (Å²) < 4.78 is 4.70. The normalized spacial score (nSPS) is 13.1. The van der Waals surface area contributed by atoms with Crippen molar-refractivity contribution in [3.8, 4) is 0 Å². The minimum Gasteiger partial charge on any atom is -0.465 e. The molecular formula is C28H24ClN3O5. The fourth-order valence-corrected chi connectivity index (χ4v) is 4.13. The molecule has 3 amide bonds. The maximum atomic E-state index is 13.0. The summed E-state index contributed by atoms with van der Waals surface area (Å²) in [6.07, 6.45) is 0.165. The minimum atomic E-state index is -0.712. The number of benzene rings is 3. The second-order valence-corrected chi connectivity index (χ2v) is 8.92. The first-order chi connectivity index (χ1) is 17.7. The lowest BCUT2D eigenvalue weighted by atomic mass is 10.1. The van der Waals surface area contributed by atoms with Gasteiger partial charge in [-0.3, -0.25) is 14.4 Å². The van der Waals surface area contributed by atoms with Gasteiger partial charge < -0.3 is 15.4 Å². The summed E-state index contributed by atoms with van der Waals surface area (Å²) in [5.41, 5.74) is 4.44. The predicted molar refractivity (Wildman–Crippen MR) is 141 cm³/mol. The van der Waals surface area contributed by atoms with Crippen LogP contribution in [0.2, 0.25) is 0 Å². The number of nitrogens with zero attached hydrogens (tertiary/aromatic N) is 1. The Bertz CT molecular complexity index is 1450. The monoisotopic (exact) mass is 517 g/mol. The molecule has 0 radical (unpaired) electrons. The van der Waals surface area contributed by atoms with Crippen molar-refractivity contribution < 1.29 is 23.9 Å². The number of hydrogen-bond donors (Lipinski definition) is 2. The van der Waals surface area contributed by atoms with E-state index < -0.39 is 17.8 Å². The van der Waals surface area contributed by atoms with Gasteiger partial charge in [-0.15, -0.1) is 0 Å². The van der Waals surface area contributed by atoms with Crippen LogP contribution in [0.5, 0.6) is 0 Å². The zero-order valence-corrected chi connectivity index (χ0v) is 21.2. The molecule has 0 atom stereocenters. The Labute approximate surface area is 218 Å². The number of methoxy groups -OCH3 is 1. The van der Waals surface area contributed by atoms with Gasteiger partial charge in [0.05, 0.1) is 24.8 Å². The Morgan fingerprint density at radius 1 is 0.946 bits per heavy atom. The third kappa shape index (κ3) is 5.54.